The van der Waals surface area contributed by atoms with E-state index in [9.17, 15) is 9.00 Å². The van der Waals surface area contributed by atoms with E-state index in [0.717, 1.165) is 0 Å². The number of hydrogen-bond acceptors (Lipinski definition) is 3. The molecular formula is C7H15NO3S. The highest BCUT2D eigenvalue weighted by molar-refractivity contribution is 7.84. The van der Waals surface area contributed by atoms with Crippen molar-refractivity contribution in [2.45, 2.75) is 25.1 Å². The zero-order chi connectivity index (χ0) is 9.72. The minimum atomic E-state index is -0.895. The molecule has 4 nitrogen and oxygen atoms in total. The van der Waals surface area contributed by atoms with E-state index in [2.05, 4.69) is 5.32 Å². The first-order chi connectivity index (χ1) is 5.45. The van der Waals surface area contributed by atoms with Crippen LogP contribution >= 0.6 is 0 Å². The van der Waals surface area contributed by atoms with E-state index in [1.54, 1.807) is 13.2 Å². The van der Waals surface area contributed by atoms with Gasteiger partial charge in [0, 0.05) is 28.9 Å². The molecule has 0 amide bonds. The van der Waals surface area contributed by atoms with E-state index in [1.807, 2.05) is 6.92 Å². The predicted molar refractivity (Wildman–Crippen MR) is 48.6 cm³/mol. The van der Waals surface area contributed by atoms with Crippen LogP contribution in [0.5, 0.6) is 0 Å². The third-order valence-corrected chi connectivity index (χ3v) is 2.95. The number of carboxylic acid groups (broad SMARTS) is 1. The highest BCUT2D eigenvalue weighted by Crippen LogP contribution is 1.91. The summed E-state index contributed by atoms with van der Waals surface area (Å²) in [4.78, 5) is 10.3. The molecule has 0 aliphatic rings. The molecule has 12 heavy (non-hydrogen) atoms. The molecule has 0 bridgehead atoms. The first-order valence-corrected chi connectivity index (χ1v) is 5.35. The molecule has 0 radical (unpaired) electrons. The number of aliphatic carboxylic acids is 1. The van der Waals surface area contributed by atoms with Crippen molar-refractivity contribution >= 4 is 16.8 Å². The molecule has 0 heterocycles. The normalized spacial score (nSPS) is 18.2. The van der Waals surface area contributed by atoms with Crippen LogP contribution in [-0.2, 0) is 15.6 Å². The fourth-order valence-electron chi connectivity index (χ4n) is 0.547. The molecule has 0 spiro atoms. The summed E-state index contributed by atoms with van der Waals surface area (Å²) in [5.74, 6) is -0.885. The molecule has 0 fully saturated rings. The summed E-state index contributed by atoms with van der Waals surface area (Å²) in [7, 11) is -0.895. The smallest absolute Gasteiger partial charge is 0.320 e. The Morgan fingerprint density at radius 1 is 1.58 bits per heavy atom. The molecule has 0 rings (SSSR count). The van der Waals surface area contributed by atoms with Crippen LogP contribution in [0, 0.1) is 0 Å². The molecule has 0 aromatic rings. The molecule has 0 aromatic heterocycles. The van der Waals surface area contributed by atoms with Crippen LogP contribution in [0.2, 0.25) is 0 Å². The maximum absolute atomic E-state index is 10.8. The van der Waals surface area contributed by atoms with Crippen molar-refractivity contribution in [1.29, 1.82) is 0 Å². The first-order valence-electron chi connectivity index (χ1n) is 3.73. The zero-order valence-electron chi connectivity index (χ0n) is 7.53. The number of carboxylic acids is 1. The lowest BCUT2D eigenvalue weighted by Gasteiger charge is -2.12. The van der Waals surface area contributed by atoms with Gasteiger partial charge >= 0.3 is 5.97 Å². The van der Waals surface area contributed by atoms with Crippen molar-refractivity contribution < 1.29 is 14.1 Å². The van der Waals surface area contributed by atoms with Crippen LogP contribution in [0.25, 0.3) is 0 Å². The summed E-state index contributed by atoms with van der Waals surface area (Å²) in [5.41, 5.74) is 0. The summed E-state index contributed by atoms with van der Waals surface area (Å²) in [5, 5.41) is 11.3. The molecule has 0 saturated carbocycles. The molecule has 72 valence electrons. The predicted octanol–water partition coefficient (Wildman–Crippen LogP) is -0.184. The molecule has 2 N–H and O–H groups in total. The Labute approximate surface area is 74.8 Å². The maximum Gasteiger partial charge on any atom is 0.320 e. The van der Waals surface area contributed by atoms with E-state index >= 15 is 0 Å². The van der Waals surface area contributed by atoms with Crippen LogP contribution in [0.3, 0.4) is 0 Å². The van der Waals surface area contributed by atoms with Gasteiger partial charge in [0.1, 0.15) is 6.04 Å². The second kappa shape index (κ2) is 5.27. The molecule has 0 aliphatic heterocycles. The van der Waals surface area contributed by atoms with Crippen LogP contribution in [-0.4, -0.2) is 39.4 Å². The topological polar surface area (TPSA) is 66.4 Å². The van der Waals surface area contributed by atoms with Gasteiger partial charge in [-0.1, -0.05) is 0 Å². The van der Waals surface area contributed by atoms with Crippen LogP contribution in [0.4, 0.5) is 0 Å². The van der Waals surface area contributed by atoms with Crippen molar-refractivity contribution in [3.63, 3.8) is 0 Å². The molecule has 3 unspecified atom stereocenters. The molecule has 3 atom stereocenters. The van der Waals surface area contributed by atoms with Gasteiger partial charge in [0.25, 0.3) is 0 Å². The highest BCUT2D eigenvalue weighted by Gasteiger charge is 2.12. The van der Waals surface area contributed by atoms with Gasteiger partial charge in [0.2, 0.25) is 0 Å². The Morgan fingerprint density at radius 2 is 2.08 bits per heavy atom. The summed E-state index contributed by atoms with van der Waals surface area (Å²) < 4.78 is 10.8. The third kappa shape index (κ3) is 4.46. The third-order valence-electron chi connectivity index (χ3n) is 1.65. The largest absolute Gasteiger partial charge is 0.480 e. The van der Waals surface area contributed by atoms with Gasteiger partial charge in [0.15, 0.2) is 0 Å². The van der Waals surface area contributed by atoms with Crippen molar-refractivity contribution in [2.75, 3.05) is 12.8 Å². The quantitative estimate of drug-likeness (QED) is 0.635. The van der Waals surface area contributed by atoms with E-state index < -0.39 is 22.8 Å². The molecular weight excluding hydrogens is 178 g/mol. The highest BCUT2D eigenvalue weighted by atomic mass is 32.2. The second-order valence-corrected chi connectivity index (χ2v) is 4.58. The lowest BCUT2D eigenvalue weighted by molar-refractivity contribution is -0.138. The van der Waals surface area contributed by atoms with Crippen molar-refractivity contribution in [2.24, 2.45) is 0 Å². The Morgan fingerprint density at radius 3 is 2.42 bits per heavy atom. The van der Waals surface area contributed by atoms with Gasteiger partial charge in [0.05, 0.1) is 0 Å². The lowest BCUT2D eigenvalue weighted by Crippen LogP contribution is -2.38. The van der Waals surface area contributed by atoms with Gasteiger partial charge in [-0.25, -0.2) is 0 Å². The SMILES string of the molecule is CC(NCC(C)S(C)=O)C(=O)O. The van der Waals surface area contributed by atoms with E-state index in [1.165, 1.54) is 0 Å². The maximum atomic E-state index is 10.8. The summed E-state index contributed by atoms with van der Waals surface area (Å²) >= 11 is 0. The lowest BCUT2D eigenvalue weighted by atomic mass is 10.3. The molecule has 0 saturated heterocycles. The van der Waals surface area contributed by atoms with Crippen molar-refractivity contribution in [1.82, 2.24) is 5.32 Å². The van der Waals surface area contributed by atoms with E-state index in [-0.39, 0.29) is 5.25 Å². The zero-order valence-corrected chi connectivity index (χ0v) is 8.35. The number of hydrogen-bond donors (Lipinski definition) is 2. The molecule has 5 heteroatoms. The monoisotopic (exact) mass is 193 g/mol. The Kier molecular flexibility index (Phi) is 5.08. The molecule has 0 aromatic carbocycles. The number of rotatable bonds is 5. The minimum absolute atomic E-state index is 0.00759. The summed E-state index contributed by atoms with van der Waals surface area (Å²) in [6.07, 6.45) is 1.61. The van der Waals surface area contributed by atoms with E-state index in [4.69, 9.17) is 5.11 Å². The standard InChI is InChI=1S/C7H15NO3S/c1-5(12(3)11)4-8-6(2)7(9)10/h5-6,8H,4H2,1-3H3,(H,9,10). The average molecular weight is 193 g/mol. The minimum Gasteiger partial charge on any atom is -0.480 e. The average Bonchev–Trinajstić information content (AvgIpc) is 1.98. The van der Waals surface area contributed by atoms with Gasteiger partial charge in [-0.05, 0) is 13.8 Å². The fraction of sp³-hybridized carbons (Fsp3) is 0.857. The summed E-state index contributed by atoms with van der Waals surface area (Å²) in [6.45, 7) is 3.85. The first kappa shape index (κ1) is 11.6. The van der Waals surface area contributed by atoms with Gasteiger partial charge in [-0.3, -0.25) is 9.00 Å². The Balaban J connectivity index is 3.68. The van der Waals surface area contributed by atoms with Crippen LogP contribution < -0.4 is 5.32 Å². The van der Waals surface area contributed by atoms with Crippen LogP contribution in [0.15, 0.2) is 0 Å². The van der Waals surface area contributed by atoms with Gasteiger partial charge in [-0.15, -0.1) is 0 Å². The fourth-order valence-corrected chi connectivity index (χ4v) is 0.878. The number of carbonyl (C=O) groups is 1. The molecule has 0 aliphatic carbocycles. The Hall–Kier alpha value is -0.420. The summed E-state index contributed by atoms with van der Waals surface area (Å²) in [6, 6.07) is -0.573. The second-order valence-electron chi connectivity index (χ2n) is 2.78. The van der Waals surface area contributed by atoms with E-state index in [0.29, 0.717) is 6.54 Å². The Bertz CT molecular complexity index is 163. The van der Waals surface area contributed by atoms with Crippen molar-refractivity contribution in [3.05, 3.63) is 0 Å². The van der Waals surface area contributed by atoms with Crippen molar-refractivity contribution in [3.8, 4) is 0 Å². The number of nitrogens with one attached hydrogen (secondary N) is 1. The van der Waals surface area contributed by atoms with Gasteiger partial charge in [-0.2, -0.15) is 0 Å². The van der Waals surface area contributed by atoms with Gasteiger partial charge < -0.3 is 10.4 Å². The van der Waals surface area contributed by atoms with Crippen LogP contribution in [0.1, 0.15) is 13.8 Å².